The highest BCUT2D eigenvalue weighted by atomic mass is 16.4. The number of nitrogens with two attached hydrogens (primary N) is 2. The molecule has 0 saturated carbocycles. The maximum absolute atomic E-state index is 12.8. The number of carbonyl (C=O) groups excluding carboxylic acids is 4. The molecule has 0 aliphatic carbocycles. The van der Waals surface area contributed by atoms with E-state index in [2.05, 4.69) is 10.6 Å². The molecule has 180 valence electrons. The van der Waals surface area contributed by atoms with Crippen molar-refractivity contribution in [1.29, 1.82) is 0 Å². The molecule has 9 N–H and O–H groups in total. The number of aliphatic hydroxyl groups is 1. The van der Waals surface area contributed by atoms with Crippen LogP contribution in [0.25, 0.3) is 0 Å². The van der Waals surface area contributed by atoms with Gasteiger partial charge in [-0.25, -0.2) is 4.79 Å². The van der Waals surface area contributed by atoms with Gasteiger partial charge in [-0.05, 0) is 25.7 Å². The first-order chi connectivity index (χ1) is 15.0. The molecule has 1 aliphatic heterocycles. The molecule has 14 heteroatoms. The van der Waals surface area contributed by atoms with Crippen molar-refractivity contribution in [3.05, 3.63) is 0 Å². The Labute approximate surface area is 183 Å². The van der Waals surface area contributed by atoms with Gasteiger partial charge in [0.1, 0.15) is 18.1 Å². The Kier molecular flexibility index (Phi) is 10.5. The van der Waals surface area contributed by atoms with Crippen molar-refractivity contribution in [3.8, 4) is 0 Å². The maximum atomic E-state index is 12.8. The quantitative estimate of drug-likeness (QED) is 0.143. The van der Waals surface area contributed by atoms with E-state index in [1.54, 1.807) is 0 Å². The van der Waals surface area contributed by atoms with Crippen LogP contribution in [-0.2, 0) is 28.8 Å². The Balaban J connectivity index is 2.87. The van der Waals surface area contributed by atoms with Crippen molar-refractivity contribution in [1.82, 2.24) is 15.5 Å². The molecule has 0 spiro atoms. The molecule has 4 atom stereocenters. The van der Waals surface area contributed by atoms with E-state index in [1.807, 2.05) is 0 Å². The second-order valence-electron chi connectivity index (χ2n) is 7.38. The van der Waals surface area contributed by atoms with E-state index in [9.17, 15) is 39.0 Å². The van der Waals surface area contributed by atoms with E-state index in [0.29, 0.717) is 6.42 Å². The van der Waals surface area contributed by atoms with E-state index in [4.69, 9.17) is 16.6 Å². The van der Waals surface area contributed by atoms with Gasteiger partial charge in [-0.3, -0.25) is 24.0 Å². The number of aliphatic carboxylic acids is 2. The fourth-order valence-corrected chi connectivity index (χ4v) is 3.19. The maximum Gasteiger partial charge on any atom is 0.326 e. The summed E-state index contributed by atoms with van der Waals surface area (Å²) < 4.78 is 0. The minimum atomic E-state index is -1.52. The third kappa shape index (κ3) is 8.11. The summed E-state index contributed by atoms with van der Waals surface area (Å²) in [6, 6.07) is -5.18. The van der Waals surface area contributed by atoms with Crippen molar-refractivity contribution in [2.24, 2.45) is 11.5 Å². The van der Waals surface area contributed by atoms with Crippen molar-refractivity contribution in [3.63, 3.8) is 0 Å². The van der Waals surface area contributed by atoms with Gasteiger partial charge in [0.25, 0.3) is 0 Å². The van der Waals surface area contributed by atoms with Crippen molar-refractivity contribution in [2.45, 2.75) is 62.7 Å². The number of carboxylic acids is 2. The van der Waals surface area contributed by atoms with Gasteiger partial charge in [-0.15, -0.1) is 0 Å². The number of likely N-dealkylation sites (tertiary alicyclic amines) is 1. The third-order valence-corrected chi connectivity index (χ3v) is 4.94. The summed E-state index contributed by atoms with van der Waals surface area (Å²) in [7, 11) is 0. The largest absolute Gasteiger partial charge is 0.481 e. The second-order valence-corrected chi connectivity index (χ2v) is 7.38. The Morgan fingerprint density at radius 1 is 0.969 bits per heavy atom. The molecular formula is C18H29N5O9. The zero-order valence-corrected chi connectivity index (χ0v) is 17.4. The van der Waals surface area contributed by atoms with E-state index in [1.165, 1.54) is 0 Å². The van der Waals surface area contributed by atoms with Crippen LogP contribution in [0.2, 0.25) is 0 Å². The average Bonchev–Trinajstić information content (AvgIpc) is 3.22. The van der Waals surface area contributed by atoms with Crippen molar-refractivity contribution >= 4 is 35.6 Å². The SMILES string of the molecule is NC(=O)CCC(N)C(=O)NC(CO)C(=O)NC(CCC(=O)O)C(=O)N1CCCC1C(=O)O. The number of carbonyl (C=O) groups is 6. The molecule has 0 radical (unpaired) electrons. The molecule has 1 aliphatic rings. The van der Waals surface area contributed by atoms with Gasteiger partial charge in [-0.2, -0.15) is 0 Å². The number of carboxylic acid groups (broad SMARTS) is 2. The van der Waals surface area contributed by atoms with Crippen LogP contribution in [-0.4, -0.2) is 93.1 Å². The fourth-order valence-electron chi connectivity index (χ4n) is 3.19. The van der Waals surface area contributed by atoms with Gasteiger partial charge in [0, 0.05) is 19.4 Å². The van der Waals surface area contributed by atoms with Crippen LogP contribution >= 0.6 is 0 Å². The first-order valence-corrected chi connectivity index (χ1v) is 9.98. The van der Waals surface area contributed by atoms with Crippen LogP contribution in [0.15, 0.2) is 0 Å². The molecule has 1 heterocycles. The van der Waals surface area contributed by atoms with Crippen LogP contribution in [0, 0.1) is 0 Å². The first kappa shape index (κ1) is 26.8. The number of nitrogens with one attached hydrogen (secondary N) is 2. The molecule has 4 amide bonds. The summed E-state index contributed by atoms with van der Waals surface area (Å²) in [4.78, 5) is 71.7. The highest BCUT2D eigenvalue weighted by molar-refractivity contribution is 5.94. The lowest BCUT2D eigenvalue weighted by Gasteiger charge is -2.28. The fraction of sp³-hybridized carbons (Fsp3) is 0.667. The number of hydrogen-bond acceptors (Lipinski definition) is 8. The van der Waals surface area contributed by atoms with Crippen LogP contribution < -0.4 is 22.1 Å². The number of hydrogen-bond donors (Lipinski definition) is 7. The minimum absolute atomic E-state index is 0.0911. The zero-order chi connectivity index (χ0) is 24.4. The number of primary amides is 1. The number of aliphatic hydroxyl groups excluding tert-OH is 1. The Hall–Kier alpha value is -3.26. The molecule has 14 nitrogen and oxygen atoms in total. The van der Waals surface area contributed by atoms with Gasteiger partial charge in [0.05, 0.1) is 12.6 Å². The third-order valence-electron chi connectivity index (χ3n) is 4.94. The standard InChI is InChI=1S/C18H29N5O9/c19-9(3-5-13(20)25)15(28)22-11(8-24)16(29)21-10(4-6-14(26)27)17(30)23-7-1-2-12(23)18(31)32/h9-12,24H,1-8,19H2,(H2,20,25)(H,21,29)(H,22,28)(H,26,27)(H,31,32). The van der Waals surface area contributed by atoms with E-state index in [0.717, 1.165) is 4.90 Å². The summed E-state index contributed by atoms with van der Waals surface area (Å²) >= 11 is 0. The molecule has 1 saturated heterocycles. The lowest BCUT2D eigenvalue weighted by atomic mass is 10.1. The predicted molar refractivity (Wildman–Crippen MR) is 107 cm³/mol. The summed E-state index contributed by atoms with van der Waals surface area (Å²) in [5, 5.41) is 32.2. The summed E-state index contributed by atoms with van der Waals surface area (Å²) in [5.41, 5.74) is 10.6. The smallest absolute Gasteiger partial charge is 0.326 e. The highest BCUT2D eigenvalue weighted by Gasteiger charge is 2.38. The number of nitrogens with zero attached hydrogens (tertiary/aromatic N) is 1. The molecule has 4 unspecified atom stereocenters. The Morgan fingerprint density at radius 3 is 2.12 bits per heavy atom. The highest BCUT2D eigenvalue weighted by Crippen LogP contribution is 2.19. The van der Waals surface area contributed by atoms with Crippen LogP contribution in [0.4, 0.5) is 0 Å². The molecule has 0 aromatic heterocycles. The van der Waals surface area contributed by atoms with E-state index in [-0.39, 0.29) is 32.2 Å². The molecule has 1 rings (SSSR count). The molecule has 0 bridgehead atoms. The van der Waals surface area contributed by atoms with Crippen LogP contribution in [0.5, 0.6) is 0 Å². The topological polar surface area (TPSA) is 242 Å². The molecular weight excluding hydrogens is 430 g/mol. The van der Waals surface area contributed by atoms with Gasteiger partial charge in [0.2, 0.25) is 23.6 Å². The summed E-state index contributed by atoms with van der Waals surface area (Å²) in [5.74, 6) is -5.74. The Bertz CT molecular complexity index is 744. The molecule has 0 aromatic rings. The second kappa shape index (κ2) is 12.6. The molecule has 0 aromatic carbocycles. The van der Waals surface area contributed by atoms with Crippen LogP contribution in [0.1, 0.15) is 38.5 Å². The monoisotopic (exact) mass is 459 g/mol. The summed E-state index contributed by atoms with van der Waals surface area (Å²) in [6.07, 6.45) is -0.424. The zero-order valence-electron chi connectivity index (χ0n) is 17.4. The number of amides is 4. The van der Waals surface area contributed by atoms with Gasteiger partial charge >= 0.3 is 11.9 Å². The first-order valence-electron chi connectivity index (χ1n) is 9.98. The van der Waals surface area contributed by atoms with E-state index < -0.39 is 72.8 Å². The predicted octanol–water partition coefficient (Wildman–Crippen LogP) is -3.52. The van der Waals surface area contributed by atoms with Gasteiger partial charge < -0.3 is 42.3 Å². The van der Waals surface area contributed by atoms with Gasteiger partial charge in [0.15, 0.2) is 0 Å². The lowest BCUT2D eigenvalue weighted by molar-refractivity contribution is -0.150. The average molecular weight is 459 g/mol. The van der Waals surface area contributed by atoms with E-state index >= 15 is 0 Å². The van der Waals surface area contributed by atoms with Crippen LogP contribution in [0.3, 0.4) is 0 Å². The van der Waals surface area contributed by atoms with Crippen molar-refractivity contribution < 1.29 is 44.1 Å². The minimum Gasteiger partial charge on any atom is -0.481 e. The summed E-state index contributed by atoms with van der Waals surface area (Å²) in [6.45, 7) is -0.731. The Morgan fingerprint density at radius 2 is 1.59 bits per heavy atom. The van der Waals surface area contributed by atoms with Crippen molar-refractivity contribution in [2.75, 3.05) is 13.2 Å². The lowest BCUT2D eigenvalue weighted by Crippen LogP contribution is -2.58. The van der Waals surface area contributed by atoms with Gasteiger partial charge in [-0.1, -0.05) is 0 Å². The molecule has 1 fully saturated rings. The number of rotatable bonds is 13. The molecule has 32 heavy (non-hydrogen) atoms. The normalized spacial score (nSPS) is 18.3.